The van der Waals surface area contributed by atoms with E-state index in [9.17, 15) is 0 Å². The standard InChI is InChI=1S/C13H17N3O/c1-2-17-13-5-3-11(4-6-13)7-14-8-12-9-15-10-16-12/h3-6,9-10,14H,2,7-8H2,1H3,(H,15,16). The van der Waals surface area contributed by atoms with E-state index in [1.54, 1.807) is 6.33 Å². The highest BCUT2D eigenvalue weighted by atomic mass is 16.5. The first-order valence-corrected chi connectivity index (χ1v) is 5.78. The van der Waals surface area contributed by atoms with Crippen LogP contribution in [0.4, 0.5) is 0 Å². The number of ether oxygens (including phenoxy) is 1. The topological polar surface area (TPSA) is 49.9 Å². The lowest BCUT2D eigenvalue weighted by atomic mass is 10.2. The average molecular weight is 231 g/mol. The van der Waals surface area contributed by atoms with Crippen molar-refractivity contribution in [2.24, 2.45) is 0 Å². The average Bonchev–Trinajstić information content (AvgIpc) is 2.85. The summed E-state index contributed by atoms with van der Waals surface area (Å²) in [5, 5.41) is 3.34. The summed E-state index contributed by atoms with van der Waals surface area (Å²) >= 11 is 0. The fourth-order valence-corrected chi connectivity index (χ4v) is 1.59. The predicted molar refractivity (Wildman–Crippen MR) is 66.7 cm³/mol. The summed E-state index contributed by atoms with van der Waals surface area (Å²) in [5.41, 5.74) is 2.34. The van der Waals surface area contributed by atoms with Gasteiger partial charge in [0, 0.05) is 25.0 Å². The van der Waals surface area contributed by atoms with E-state index in [1.807, 2.05) is 25.3 Å². The molecule has 0 radical (unpaired) electrons. The van der Waals surface area contributed by atoms with Gasteiger partial charge in [0.25, 0.3) is 0 Å². The van der Waals surface area contributed by atoms with Gasteiger partial charge >= 0.3 is 0 Å². The third kappa shape index (κ3) is 3.60. The zero-order valence-electron chi connectivity index (χ0n) is 9.94. The van der Waals surface area contributed by atoms with Crippen LogP contribution in [0.2, 0.25) is 0 Å². The van der Waals surface area contributed by atoms with Gasteiger partial charge in [0.05, 0.1) is 12.9 Å². The monoisotopic (exact) mass is 231 g/mol. The smallest absolute Gasteiger partial charge is 0.119 e. The Balaban J connectivity index is 1.79. The van der Waals surface area contributed by atoms with E-state index in [4.69, 9.17) is 4.74 Å². The summed E-state index contributed by atoms with van der Waals surface area (Å²) in [6.07, 6.45) is 3.51. The Morgan fingerprint density at radius 1 is 1.24 bits per heavy atom. The number of H-pyrrole nitrogens is 1. The Labute approximate surface area is 101 Å². The van der Waals surface area contributed by atoms with E-state index < -0.39 is 0 Å². The minimum absolute atomic E-state index is 0.706. The molecule has 0 fully saturated rings. The lowest BCUT2D eigenvalue weighted by Gasteiger charge is -2.06. The van der Waals surface area contributed by atoms with Gasteiger partial charge in [-0.15, -0.1) is 0 Å². The Morgan fingerprint density at radius 2 is 2.06 bits per heavy atom. The molecule has 0 aliphatic carbocycles. The summed E-state index contributed by atoms with van der Waals surface area (Å²) in [7, 11) is 0. The van der Waals surface area contributed by atoms with Gasteiger partial charge in [0.2, 0.25) is 0 Å². The molecule has 4 heteroatoms. The molecule has 1 heterocycles. The molecule has 0 spiro atoms. The molecule has 4 nitrogen and oxygen atoms in total. The fraction of sp³-hybridized carbons (Fsp3) is 0.308. The maximum absolute atomic E-state index is 5.39. The summed E-state index contributed by atoms with van der Waals surface area (Å²) in [5.74, 6) is 0.921. The number of nitrogens with zero attached hydrogens (tertiary/aromatic N) is 1. The Morgan fingerprint density at radius 3 is 2.71 bits per heavy atom. The van der Waals surface area contributed by atoms with E-state index in [0.29, 0.717) is 6.61 Å². The molecule has 0 unspecified atom stereocenters. The third-order valence-corrected chi connectivity index (χ3v) is 2.43. The van der Waals surface area contributed by atoms with Crippen LogP contribution in [0.1, 0.15) is 18.2 Å². The predicted octanol–water partition coefficient (Wildman–Crippen LogP) is 2.10. The Bertz CT molecular complexity index is 422. The van der Waals surface area contributed by atoms with E-state index in [2.05, 4.69) is 27.4 Å². The molecule has 0 saturated heterocycles. The van der Waals surface area contributed by atoms with E-state index in [-0.39, 0.29) is 0 Å². The summed E-state index contributed by atoms with van der Waals surface area (Å²) in [4.78, 5) is 7.02. The van der Waals surface area contributed by atoms with Crippen molar-refractivity contribution in [3.63, 3.8) is 0 Å². The molecule has 17 heavy (non-hydrogen) atoms. The third-order valence-electron chi connectivity index (χ3n) is 2.43. The highest BCUT2D eigenvalue weighted by Crippen LogP contribution is 2.11. The molecule has 1 aromatic heterocycles. The first-order chi connectivity index (χ1) is 8.38. The van der Waals surface area contributed by atoms with E-state index in [0.717, 1.165) is 24.5 Å². The minimum atomic E-state index is 0.706. The molecule has 0 bridgehead atoms. The number of aromatic amines is 1. The minimum Gasteiger partial charge on any atom is -0.494 e. The summed E-state index contributed by atoms with van der Waals surface area (Å²) in [6.45, 7) is 4.33. The molecular weight excluding hydrogens is 214 g/mol. The van der Waals surface area contributed by atoms with Gasteiger partial charge in [-0.25, -0.2) is 4.98 Å². The van der Waals surface area contributed by atoms with Crippen LogP contribution in [-0.2, 0) is 13.1 Å². The number of aromatic nitrogens is 2. The van der Waals surface area contributed by atoms with Crippen LogP contribution in [0.25, 0.3) is 0 Å². The molecule has 0 aliphatic heterocycles. The van der Waals surface area contributed by atoms with Crippen LogP contribution in [0.15, 0.2) is 36.8 Å². The van der Waals surface area contributed by atoms with Crippen LogP contribution in [-0.4, -0.2) is 16.6 Å². The maximum atomic E-state index is 5.39. The molecule has 0 saturated carbocycles. The number of nitrogens with one attached hydrogen (secondary N) is 2. The van der Waals surface area contributed by atoms with Crippen LogP contribution in [0.3, 0.4) is 0 Å². The zero-order chi connectivity index (χ0) is 11.9. The number of benzene rings is 1. The summed E-state index contributed by atoms with van der Waals surface area (Å²) in [6, 6.07) is 8.14. The number of imidazole rings is 1. The first-order valence-electron chi connectivity index (χ1n) is 5.78. The van der Waals surface area contributed by atoms with Gasteiger partial charge in [0.15, 0.2) is 0 Å². The number of hydrogen-bond donors (Lipinski definition) is 2. The van der Waals surface area contributed by atoms with E-state index >= 15 is 0 Å². The van der Waals surface area contributed by atoms with Gasteiger partial charge in [-0.2, -0.15) is 0 Å². The molecule has 90 valence electrons. The molecule has 2 aromatic rings. The number of hydrogen-bond acceptors (Lipinski definition) is 3. The van der Waals surface area contributed by atoms with Crippen LogP contribution in [0.5, 0.6) is 5.75 Å². The molecule has 1 aromatic carbocycles. The summed E-state index contributed by atoms with van der Waals surface area (Å²) < 4.78 is 5.39. The second kappa shape index (κ2) is 6.06. The SMILES string of the molecule is CCOc1ccc(CNCc2cnc[nH]2)cc1. The van der Waals surface area contributed by atoms with Crippen LogP contribution < -0.4 is 10.1 Å². The normalized spacial score (nSPS) is 10.4. The van der Waals surface area contributed by atoms with Crippen molar-refractivity contribution < 1.29 is 4.74 Å². The van der Waals surface area contributed by atoms with Crippen molar-refractivity contribution in [2.75, 3.05) is 6.61 Å². The Hall–Kier alpha value is -1.81. The van der Waals surface area contributed by atoms with Gasteiger partial charge in [0.1, 0.15) is 5.75 Å². The van der Waals surface area contributed by atoms with Crippen molar-refractivity contribution >= 4 is 0 Å². The second-order valence-electron chi connectivity index (χ2n) is 3.76. The lowest BCUT2D eigenvalue weighted by Crippen LogP contribution is -2.12. The first kappa shape index (κ1) is 11.7. The lowest BCUT2D eigenvalue weighted by molar-refractivity contribution is 0.340. The molecule has 2 N–H and O–H groups in total. The molecule has 0 amide bonds. The quantitative estimate of drug-likeness (QED) is 0.800. The maximum Gasteiger partial charge on any atom is 0.119 e. The molecule has 2 rings (SSSR count). The van der Waals surface area contributed by atoms with Crippen molar-refractivity contribution in [3.05, 3.63) is 48.0 Å². The van der Waals surface area contributed by atoms with Crippen molar-refractivity contribution in [1.29, 1.82) is 0 Å². The highest BCUT2D eigenvalue weighted by Gasteiger charge is 1.96. The van der Waals surface area contributed by atoms with Crippen molar-refractivity contribution in [2.45, 2.75) is 20.0 Å². The van der Waals surface area contributed by atoms with Gasteiger partial charge < -0.3 is 15.0 Å². The van der Waals surface area contributed by atoms with Crippen LogP contribution in [0, 0.1) is 0 Å². The van der Waals surface area contributed by atoms with Crippen LogP contribution >= 0.6 is 0 Å². The van der Waals surface area contributed by atoms with Gasteiger partial charge in [-0.1, -0.05) is 12.1 Å². The highest BCUT2D eigenvalue weighted by molar-refractivity contribution is 5.27. The van der Waals surface area contributed by atoms with E-state index in [1.165, 1.54) is 5.56 Å². The van der Waals surface area contributed by atoms with Crippen molar-refractivity contribution in [1.82, 2.24) is 15.3 Å². The molecule has 0 atom stereocenters. The largest absolute Gasteiger partial charge is 0.494 e. The molecular formula is C13H17N3O. The van der Waals surface area contributed by atoms with Gasteiger partial charge in [-0.05, 0) is 24.6 Å². The van der Waals surface area contributed by atoms with Crippen molar-refractivity contribution in [3.8, 4) is 5.75 Å². The zero-order valence-corrected chi connectivity index (χ0v) is 9.94. The second-order valence-corrected chi connectivity index (χ2v) is 3.76. The number of rotatable bonds is 6. The molecule has 0 aliphatic rings. The van der Waals surface area contributed by atoms with Gasteiger partial charge in [-0.3, -0.25) is 0 Å². The fourth-order valence-electron chi connectivity index (χ4n) is 1.59. The Kier molecular flexibility index (Phi) is 4.16.